The highest BCUT2D eigenvalue weighted by Crippen LogP contribution is 2.28. The predicted molar refractivity (Wildman–Crippen MR) is 140 cm³/mol. The van der Waals surface area contributed by atoms with Gasteiger partial charge >= 0.3 is 0 Å². The molecule has 7 nitrogen and oxygen atoms in total. The average Bonchev–Trinajstić information content (AvgIpc) is 2.78. The van der Waals surface area contributed by atoms with Gasteiger partial charge in [-0.3, -0.25) is 13.9 Å². The fourth-order valence-electron chi connectivity index (χ4n) is 3.56. The summed E-state index contributed by atoms with van der Waals surface area (Å²) in [4.78, 5) is 28.1. The number of nitrogens with one attached hydrogen (secondary N) is 1. The number of hydrogen-bond acceptors (Lipinski definition) is 4. The van der Waals surface area contributed by atoms with Crippen LogP contribution in [0.4, 0.5) is 5.69 Å². The fourth-order valence-corrected chi connectivity index (χ4v) is 5.04. The van der Waals surface area contributed by atoms with Gasteiger partial charge in [0.1, 0.15) is 12.6 Å². The lowest BCUT2D eigenvalue weighted by Crippen LogP contribution is -2.52. The first-order valence-corrected chi connectivity index (χ1v) is 14.1. The summed E-state index contributed by atoms with van der Waals surface area (Å²) in [5.41, 5.74) is 2.32. The average molecular weight is 553 g/mol. The van der Waals surface area contributed by atoms with Crippen LogP contribution in [0.1, 0.15) is 44.2 Å². The van der Waals surface area contributed by atoms with E-state index in [0.717, 1.165) is 34.5 Å². The van der Waals surface area contributed by atoms with Crippen LogP contribution in [0, 0.1) is 6.92 Å². The highest BCUT2D eigenvalue weighted by molar-refractivity contribution is 9.10. The zero-order chi connectivity index (χ0) is 25.3. The largest absolute Gasteiger partial charge is 0.354 e. The molecule has 186 valence electrons. The van der Waals surface area contributed by atoms with Gasteiger partial charge in [0.25, 0.3) is 0 Å². The van der Waals surface area contributed by atoms with Crippen molar-refractivity contribution in [3.05, 3.63) is 64.1 Å². The molecule has 0 aliphatic heterocycles. The second-order valence-electron chi connectivity index (χ2n) is 8.30. The van der Waals surface area contributed by atoms with Gasteiger partial charge in [0, 0.05) is 17.6 Å². The SMILES string of the molecule is CCCCNC(=O)[C@@H](CC)N(Cc1ccc(C)cc1)C(=O)CN(c1ccccc1Br)S(C)(=O)=O. The molecule has 0 spiro atoms. The van der Waals surface area contributed by atoms with E-state index in [1.807, 2.05) is 45.0 Å². The summed E-state index contributed by atoms with van der Waals surface area (Å²) >= 11 is 3.38. The van der Waals surface area contributed by atoms with Crippen LogP contribution in [0.5, 0.6) is 0 Å². The molecule has 2 aromatic carbocycles. The van der Waals surface area contributed by atoms with Gasteiger partial charge in [-0.15, -0.1) is 0 Å². The Hall–Kier alpha value is -2.39. The summed E-state index contributed by atoms with van der Waals surface area (Å²) in [5.74, 6) is -0.678. The van der Waals surface area contributed by atoms with Crippen LogP contribution in [0.15, 0.2) is 53.0 Å². The highest BCUT2D eigenvalue weighted by atomic mass is 79.9. The van der Waals surface area contributed by atoms with Crippen LogP contribution in [-0.4, -0.2) is 50.5 Å². The number of anilines is 1. The van der Waals surface area contributed by atoms with Crippen molar-refractivity contribution >= 4 is 43.5 Å². The number of unbranched alkanes of at least 4 members (excludes halogenated alkanes) is 1. The molecule has 0 heterocycles. The van der Waals surface area contributed by atoms with Crippen molar-refractivity contribution in [1.29, 1.82) is 0 Å². The van der Waals surface area contributed by atoms with Crippen molar-refractivity contribution in [3.8, 4) is 0 Å². The van der Waals surface area contributed by atoms with Crippen molar-refractivity contribution in [3.63, 3.8) is 0 Å². The Labute approximate surface area is 211 Å². The van der Waals surface area contributed by atoms with Crippen molar-refractivity contribution in [2.75, 3.05) is 23.7 Å². The van der Waals surface area contributed by atoms with Crippen LogP contribution in [-0.2, 0) is 26.2 Å². The van der Waals surface area contributed by atoms with Gasteiger partial charge in [-0.05, 0) is 53.4 Å². The Kier molecular flexibility index (Phi) is 10.6. The second kappa shape index (κ2) is 12.9. The summed E-state index contributed by atoms with van der Waals surface area (Å²) in [6, 6.07) is 13.9. The summed E-state index contributed by atoms with van der Waals surface area (Å²) in [6.07, 6.45) is 3.26. The summed E-state index contributed by atoms with van der Waals surface area (Å²) in [6.45, 7) is 6.19. The van der Waals surface area contributed by atoms with E-state index in [0.29, 0.717) is 23.1 Å². The Morgan fingerprint density at radius 3 is 2.26 bits per heavy atom. The fraction of sp³-hybridized carbons (Fsp3) is 0.440. The smallest absolute Gasteiger partial charge is 0.244 e. The number of amides is 2. The molecule has 0 fully saturated rings. The number of carbonyl (C=O) groups excluding carboxylic acids is 2. The lowest BCUT2D eigenvalue weighted by atomic mass is 10.1. The molecule has 1 atom stereocenters. The van der Waals surface area contributed by atoms with Gasteiger partial charge in [0.2, 0.25) is 21.8 Å². The molecule has 2 rings (SSSR count). The number of para-hydroxylation sites is 1. The van der Waals surface area contributed by atoms with E-state index in [1.165, 1.54) is 4.90 Å². The molecule has 0 unspecified atom stereocenters. The van der Waals surface area contributed by atoms with E-state index in [4.69, 9.17) is 0 Å². The molecule has 0 bridgehead atoms. The lowest BCUT2D eigenvalue weighted by Gasteiger charge is -2.33. The third-order valence-corrected chi connectivity index (χ3v) is 7.29. The molecule has 0 aromatic heterocycles. The minimum absolute atomic E-state index is 0.201. The first kappa shape index (κ1) is 27.9. The molecule has 9 heteroatoms. The Morgan fingerprint density at radius 2 is 1.71 bits per heavy atom. The molecular formula is C25H34BrN3O4S. The Bertz CT molecular complexity index is 1070. The van der Waals surface area contributed by atoms with Crippen molar-refractivity contribution in [2.45, 2.75) is 52.6 Å². The Balaban J connectivity index is 2.40. The van der Waals surface area contributed by atoms with Crippen LogP contribution < -0.4 is 9.62 Å². The van der Waals surface area contributed by atoms with E-state index < -0.39 is 28.5 Å². The van der Waals surface area contributed by atoms with Gasteiger partial charge in [-0.25, -0.2) is 8.42 Å². The number of hydrogen-bond donors (Lipinski definition) is 1. The van der Waals surface area contributed by atoms with Crippen molar-refractivity contribution in [2.24, 2.45) is 0 Å². The normalized spacial score (nSPS) is 12.1. The van der Waals surface area contributed by atoms with Gasteiger partial charge in [0.05, 0.1) is 11.9 Å². The van der Waals surface area contributed by atoms with Crippen LogP contribution in [0.25, 0.3) is 0 Å². The monoisotopic (exact) mass is 551 g/mol. The maximum absolute atomic E-state index is 13.6. The molecule has 1 N–H and O–H groups in total. The second-order valence-corrected chi connectivity index (χ2v) is 11.1. The van der Waals surface area contributed by atoms with Gasteiger partial charge in [-0.2, -0.15) is 0 Å². The minimum Gasteiger partial charge on any atom is -0.354 e. The molecule has 2 aromatic rings. The van der Waals surface area contributed by atoms with Crippen molar-refractivity contribution < 1.29 is 18.0 Å². The predicted octanol–water partition coefficient (Wildman–Crippen LogP) is 4.25. The molecule has 0 aliphatic carbocycles. The van der Waals surface area contributed by atoms with E-state index in [-0.39, 0.29) is 12.5 Å². The molecular weight excluding hydrogens is 518 g/mol. The maximum atomic E-state index is 13.6. The zero-order valence-corrected chi connectivity index (χ0v) is 22.7. The summed E-state index contributed by atoms with van der Waals surface area (Å²) in [7, 11) is -3.76. The van der Waals surface area contributed by atoms with Crippen LogP contribution in [0.2, 0.25) is 0 Å². The number of carbonyl (C=O) groups is 2. The number of aryl methyl sites for hydroxylation is 1. The van der Waals surface area contributed by atoms with Gasteiger partial charge < -0.3 is 10.2 Å². The van der Waals surface area contributed by atoms with Gasteiger partial charge in [-0.1, -0.05) is 62.2 Å². The minimum atomic E-state index is -3.76. The number of benzene rings is 2. The topological polar surface area (TPSA) is 86.8 Å². The van der Waals surface area contributed by atoms with E-state index in [1.54, 1.807) is 24.3 Å². The first-order chi connectivity index (χ1) is 16.1. The molecule has 0 saturated carbocycles. The Morgan fingerprint density at radius 1 is 1.06 bits per heavy atom. The molecule has 0 aliphatic rings. The molecule has 2 amide bonds. The zero-order valence-electron chi connectivity index (χ0n) is 20.3. The van der Waals surface area contributed by atoms with Crippen LogP contribution >= 0.6 is 15.9 Å². The van der Waals surface area contributed by atoms with Crippen LogP contribution in [0.3, 0.4) is 0 Å². The van der Waals surface area contributed by atoms with Crippen molar-refractivity contribution in [1.82, 2.24) is 10.2 Å². The third-order valence-electron chi connectivity index (χ3n) is 5.49. The highest BCUT2D eigenvalue weighted by Gasteiger charge is 2.32. The number of rotatable bonds is 12. The lowest BCUT2D eigenvalue weighted by molar-refractivity contribution is -0.140. The number of sulfonamides is 1. The summed E-state index contributed by atoms with van der Waals surface area (Å²) in [5, 5.41) is 2.92. The molecule has 0 saturated heterocycles. The quantitative estimate of drug-likeness (QED) is 0.399. The number of halogens is 1. The van der Waals surface area contributed by atoms with E-state index >= 15 is 0 Å². The van der Waals surface area contributed by atoms with Gasteiger partial charge in [0.15, 0.2) is 0 Å². The first-order valence-electron chi connectivity index (χ1n) is 11.4. The number of nitrogens with zero attached hydrogens (tertiary/aromatic N) is 2. The van der Waals surface area contributed by atoms with E-state index in [9.17, 15) is 18.0 Å². The molecule has 34 heavy (non-hydrogen) atoms. The van der Waals surface area contributed by atoms with E-state index in [2.05, 4.69) is 21.2 Å². The summed E-state index contributed by atoms with van der Waals surface area (Å²) < 4.78 is 26.9. The third kappa shape index (κ3) is 7.84. The maximum Gasteiger partial charge on any atom is 0.244 e. The molecule has 0 radical (unpaired) electrons. The standard InChI is InChI=1S/C25H34BrN3O4S/c1-5-7-16-27-25(31)22(6-2)28(17-20-14-12-19(3)13-15-20)24(30)18-29(34(4,32)33)23-11-9-8-10-21(23)26/h8-15,22H,5-7,16-18H2,1-4H3,(H,27,31)/t22-/m1/s1.